The molecule has 0 bridgehead atoms. The molecular weight excluding hydrogens is 296 g/mol. The summed E-state index contributed by atoms with van der Waals surface area (Å²) in [4.78, 5) is 15.8. The molecule has 3 nitrogen and oxygen atoms in total. The molecule has 3 aromatic rings. The lowest BCUT2D eigenvalue weighted by atomic mass is 10.1. The van der Waals surface area contributed by atoms with Crippen LogP contribution in [0.4, 0.5) is 5.69 Å². The van der Waals surface area contributed by atoms with Gasteiger partial charge in [-0.1, -0.05) is 37.3 Å². The van der Waals surface area contributed by atoms with Gasteiger partial charge in [0.1, 0.15) is 0 Å². The van der Waals surface area contributed by atoms with Crippen LogP contribution in [0.2, 0.25) is 0 Å². The Bertz CT molecular complexity index is 922. The molecule has 1 fully saturated rings. The topological polar surface area (TPSA) is 25.2 Å². The molecule has 0 N–H and O–H groups in total. The summed E-state index contributed by atoms with van der Waals surface area (Å²) in [6.45, 7) is 4.18. The minimum atomic E-state index is 0.0954. The van der Waals surface area contributed by atoms with E-state index in [1.165, 1.54) is 12.8 Å². The van der Waals surface area contributed by atoms with Crippen LogP contribution in [0.3, 0.4) is 0 Å². The quantitative estimate of drug-likeness (QED) is 0.725. The molecule has 4 rings (SSSR count). The number of nitrogens with zero attached hydrogens (tertiary/aromatic N) is 2. The van der Waals surface area contributed by atoms with E-state index < -0.39 is 0 Å². The fourth-order valence-electron chi connectivity index (χ4n) is 3.74. The van der Waals surface area contributed by atoms with Gasteiger partial charge in [-0.2, -0.15) is 0 Å². The lowest BCUT2D eigenvalue weighted by molar-refractivity contribution is 0.886. The van der Waals surface area contributed by atoms with Gasteiger partial charge in [-0.25, -0.2) is 0 Å². The lowest BCUT2D eigenvalue weighted by Crippen LogP contribution is -2.25. The molecule has 2 aromatic carbocycles. The predicted molar refractivity (Wildman–Crippen MR) is 100 cm³/mol. The van der Waals surface area contributed by atoms with Crippen molar-refractivity contribution in [2.75, 3.05) is 18.0 Å². The minimum absolute atomic E-state index is 0.0954. The third-order valence-corrected chi connectivity index (χ3v) is 4.92. The largest absolute Gasteiger partial charge is 0.371 e. The second-order valence-electron chi connectivity index (χ2n) is 6.40. The number of rotatable bonds is 3. The highest BCUT2D eigenvalue weighted by atomic mass is 16.1. The third kappa shape index (κ3) is 2.41. The van der Waals surface area contributed by atoms with Gasteiger partial charge in [-0.15, -0.1) is 0 Å². The maximum absolute atomic E-state index is 13.4. The summed E-state index contributed by atoms with van der Waals surface area (Å²) in [5.41, 5.74) is 3.18. The zero-order chi connectivity index (χ0) is 16.5. The van der Waals surface area contributed by atoms with Crippen LogP contribution in [0.15, 0.2) is 59.4 Å². The zero-order valence-corrected chi connectivity index (χ0v) is 14.0. The number of para-hydroxylation sites is 1. The first-order valence-corrected chi connectivity index (χ1v) is 8.77. The molecule has 2 heterocycles. The van der Waals surface area contributed by atoms with Gasteiger partial charge >= 0.3 is 0 Å². The van der Waals surface area contributed by atoms with Gasteiger partial charge in [0, 0.05) is 24.5 Å². The van der Waals surface area contributed by atoms with E-state index in [0.29, 0.717) is 0 Å². The summed E-state index contributed by atoms with van der Waals surface area (Å²) in [5.74, 6) is 0. The van der Waals surface area contributed by atoms with Gasteiger partial charge in [-0.05, 0) is 48.9 Å². The van der Waals surface area contributed by atoms with Gasteiger partial charge in [-0.3, -0.25) is 9.36 Å². The number of aryl methyl sites for hydroxylation is 1. The van der Waals surface area contributed by atoms with Crippen molar-refractivity contribution in [2.24, 2.45) is 0 Å². The molecule has 0 amide bonds. The van der Waals surface area contributed by atoms with Crippen molar-refractivity contribution in [1.29, 1.82) is 0 Å². The van der Waals surface area contributed by atoms with Gasteiger partial charge in [0.05, 0.1) is 11.1 Å². The second-order valence-corrected chi connectivity index (χ2v) is 6.40. The summed E-state index contributed by atoms with van der Waals surface area (Å²) in [7, 11) is 0. The maximum atomic E-state index is 13.4. The standard InChI is InChI=1S/C21H22N2O/c1-2-17-15-16-9-8-12-19(22-13-6-7-14-22)20(16)21(24)23(17)18-10-4-3-5-11-18/h3-5,8-12,15H,2,6-7,13-14H2,1H3. The molecular formula is C21H22N2O. The van der Waals surface area contributed by atoms with Crippen LogP contribution in [0.1, 0.15) is 25.5 Å². The Balaban J connectivity index is 2.04. The number of aromatic nitrogens is 1. The molecule has 0 radical (unpaired) electrons. The van der Waals surface area contributed by atoms with E-state index in [4.69, 9.17) is 0 Å². The first kappa shape index (κ1) is 15.0. The monoisotopic (exact) mass is 318 g/mol. The molecule has 1 saturated heterocycles. The molecule has 0 aliphatic carbocycles. The summed E-state index contributed by atoms with van der Waals surface area (Å²) in [5, 5.41) is 1.90. The molecule has 1 aliphatic heterocycles. The van der Waals surface area contributed by atoms with Gasteiger partial charge in [0.25, 0.3) is 5.56 Å². The Morgan fingerprint density at radius 1 is 0.958 bits per heavy atom. The predicted octanol–water partition coefficient (Wildman–Crippen LogP) is 4.15. The van der Waals surface area contributed by atoms with Crippen molar-refractivity contribution >= 4 is 16.5 Å². The molecule has 24 heavy (non-hydrogen) atoms. The van der Waals surface area contributed by atoms with Crippen molar-refractivity contribution in [3.63, 3.8) is 0 Å². The summed E-state index contributed by atoms with van der Waals surface area (Å²) in [6, 6.07) is 18.4. The molecule has 122 valence electrons. The van der Waals surface area contributed by atoms with E-state index in [-0.39, 0.29) is 5.56 Å². The normalized spacial score (nSPS) is 14.5. The first-order valence-electron chi connectivity index (χ1n) is 8.77. The average molecular weight is 318 g/mol. The highest BCUT2D eigenvalue weighted by molar-refractivity contribution is 5.94. The maximum Gasteiger partial charge on any atom is 0.265 e. The van der Waals surface area contributed by atoms with E-state index in [1.807, 2.05) is 34.9 Å². The SMILES string of the molecule is CCc1cc2cccc(N3CCCC3)c2c(=O)n1-c1ccccc1. The summed E-state index contributed by atoms with van der Waals surface area (Å²) >= 11 is 0. The van der Waals surface area contributed by atoms with Crippen molar-refractivity contribution in [2.45, 2.75) is 26.2 Å². The number of hydrogen-bond acceptors (Lipinski definition) is 2. The van der Waals surface area contributed by atoms with E-state index >= 15 is 0 Å². The third-order valence-electron chi connectivity index (χ3n) is 4.92. The van der Waals surface area contributed by atoms with Crippen molar-refractivity contribution < 1.29 is 0 Å². The second kappa shape index (κ2) is 6.16. The fraction of sp³-hybridized carbons (Fsp3) is 0.286. The fourth-order valence-corrected chi connectivity index (χ4v) is 3.74. The first-order chi connectivity index (χ1) is 11.8. The molecule has 1 aromatic heterocycles. The van der Waals surface area contributed by atoms with Gasteiger partial charge in [0.2, 0.25) is 0 Å². The van der Waals surface area contributed by atoms with Crippen LogP contribution < -0.4 is 10.5 Å². The van der Waals surface area contributed by atoms with Crippen molar-refractivity contribution in [1.82, 2.24) is 4.57 Å². The molecule has 0 unspecified atom stereocenters. The molecule has 1 aliphatic rings. The van der Waals surface area contributed by atoms with Crippen molar-refractivity contribution in [3.05, 3.63) is 70.6 Å². The molecule has 0 spiro atoms. The summed E-state index contributed by atoms with van der Waals surface area (Å²) < 4.78 is 1.88. The van der Waals surface area contributed by atoms with Crippen LogP contribution in [0.25, 0.3) is 16.5 Å². The number of anilines is 1. The Labute approximate surface area is 142 Å². The average Bonchev–Trinajstić information content (AvgIpc) is 3.16. The Hall–Kier alpha value is -2.55. The van der Waals surface area contributed by atoms with E-state index in [2.05, 4.69) is 36.1 Å². The Kier molecular flexibility index (Phi) is 3.85. The lowest BCUT2D eigenvalue weighted by Gasteiger charge is -2.21. The zero-order valence-electron chi connectivity index (χ0n) is 14.0. The van der Waals surface area contributed by atoms with E-state index in [0.717, 1.165) is 47.4 Å². The number of fused-ring (bicyclic) bond motifs is 1. The van der Waals surface area contributed by atoms with Crippen molar-refractivity contribution in [3.8, 4) is 5.69 Å². The smallest absolute Gasteiger partial charge is 0.265 e. The molecule has 0 atom stereocenters. The highest BCUT2D eigenvalue weighted by Gasteiger charge is 2.18. The van der Waals surface area contributed by atoms with E-state index in [9.17, 15) is 4.79 Å². The van der Waals surface area contributed by atoms with Gasteiger partial charge in [0.15, 0.2) is 0 Å². The number of hydrogen-bond donors (Lipinski definition) is 0. The van der Waals surface area contributed by atoms with Crippen LogP contribution in [-0.4, -0.2) is 17.7 Å². The summed E-state index contributed by atoms with van der Waals surface area (Å²) in [6.07, 6.45) is 3.24. The van der Waals surface area contributed by atoms with Crippen LogP contribution in [0.5, 0.6) is 0 Å². The van der Waals surface area contributed by atoms with E-state index in [1.54, 1.807) is 0 Å². The van der Waals surface area contributed by atoms with Crippen LogP contribution >= 0.6 is 0 Å². The number of benzene rings is 2. The molecule has 0 saturated carbocycles. The van der Waals surface area contributed by atoms with Crippen LogP contribution in [-0.2, 0) is 6.42 Å². The highest BCUT2D eigenvalue weighted by Crippen LogP contribution is 2.28. The van der Waals surface area contributed by atoms with Gasteiger partial charge < -0.3 is 4.90 Å². The van der Waals surface area contributed by atoms with Crippen LogP contribution in [0, 0.1) is 0 Å². The Morgan fingerprint density at radius 2 is 1.71 bits per heavy atom. The minimum Gasteiger partial charge on any atom is -0.371 e. The molecule has 3 heteroatoms. The number of pyridine rings is 1. The Morgan fingerprint density at radius 3 is 2.42 bits per heavy atom.